The zero-order chi connectivity index (χ0) is 10.3. The van der Waals surface area contributed by atoms with Gasteiger partial charge in [-0.2, -0.15) is 0 Å². The van der Waals surface area contributed by atoms with Gasteiger partial charge in [0.15, 0.2) is 0 Å². The first-order valence-electron chi connectivity index (χ1n) is 4.60. The Kier molecular flexibility index (Phi) is 6.49. The molecule has 0 aliphatic heterocycles. The second-order valence-corrected chi connectivity index (χ2v) is 3.70. The van der Waals surface area contributed by atoms with Crippen molar-refractivity contribution >= 4 is 23.1 Å². The maximum absolute atomic E-state index is 11.4. The molecule has 76 valence electrons. The minimum atomic E-state index is 0.126. The number of rotatable bonds is 6. The Morgan fingerprint density at radius 1 is 1.46 bits per heavy atom. The number of hydrogen-bond acceptors (Lipinski definition) is 2. The summed E-state index contributed by atoms with van der Waals surface area (Å²) in [4.78, 5) is 13.3. The molecule has 4 heteroatoms. The minimum absolute atomic E-state index is 0.126. The number of likely N-dealkylation sites (N-methyl/N-ethyl adjacent to an activating group) is 1. The van der Waals surface area contributed by atoms with Crippen molar-refractivity contribution in [2.24, 2.45) is 5.73 Å². The summed E-state index contributed by atoms with van der Waals surface area (Å²) in [7, 11) is 1.73. The van der Waals surface area contributed by atoms with Crippen LogP contribution in [0.4, 0.5) is 0 Å². The Morgan fingerprint density at radius 3 is 2.54 bits per heavy atom. The summed E-state index contributed by atoms with van der Waals surface area (Å²) < 4.78 is 0. The number of hydrogen-bond donors (Lipinski definition) is 1. The van der Waals surface area contributed by atoms with E-state index < -0.39 is 0 Å². The predicted octanol–water partition coefficient (Wildman–Crippen LogP) is 1.31. The normalized spacial score (nSPS) is 9.69. The van der Waals surface area contributed by atoms with Crippen molar-refractivity contribution in [1.82, 2.24) is 4.90 Å². The van der Waals surface area contributed by atoms with Crippen LogP contribution in [0.3, 0.4) is 0 Å². The van der Waals surface area contributed by atoms with Gasteiger partial charge in [-0.15, -0.1) is 0 Å². The molecule has 0 unspecified atom stereocenters. The number of unbranched alkanes of at least 4 members (excludes halogenated alkanes) is 2. The lowest BCUT2D eigenvalue weighted by atomic mass is 10.2. The van der Waals surface area contributed by atoms with Crippen molar-refractivity contribution in [2.45, 2.75) is 32.6 Å². The van der Waals surface area contributed by atoms with Crippen LogP contribution in [0, 0.1) is 0 Å². The molecule has 13 heavy (non-hydrogen) atoms. The van der Waals surface area contributed by atoms with Crippen LogP contribution in [-0.4, -0.2) is 29.4 Å². The standard InChI is InChI=1S/C9H18N2OS/c1-3-4-5-6-9(12)11(2)7-8(10)13/h3-7H2,1-2H3,(H2,10,13). The van der Waals surface area contributed by atoms with Crippen molar-refractivity contribution in [3.05, 3.63) is 0 Å². The van der Waals surface area contributed by atoms with Crippen LogP contribution in [0.2, 0.25) is 0 Å². The summed E-state index contributed by atoms with van der Waals surface area (Å²) in [5.41, 5.74) is 5.32. The van der Waals surface area contributed by atoms with Crippen LogP contribution in [0.25, 0.3) is 0 Å². The van der Waals surface area contributed by atoms with E-state index in [2.05, 4.69) is 6.92 Å². The lowest BCUT2D eigenvalue weighted by Gasteiger charge is -2.15. The molecule has 0 aliphatic rings. The van der Waals surface area contributed by atoms with Gasteiger partial charge < -0.3 is 10.6 Å². The van der Waals surface area contributed by atoms with Crippen molar-refractivity contribution < 1.29 is 4.79 Å². The number of amides is 1. The summed E-state index contributed by atoms with van der Waals surface area (Å²) in [6.45, 7) is 2.50. The number of nitrogens with zero attached hydrogens (tertiary/aromatic N) is 1. The maximum Gasteiger partial charge on any atom is 0.222 e. The Morgan fingerprint density at radius 2 is 2.08 bits per heavy atom. The molecule has 2 N–H and O–H groups in total. The molecular weight excluding hydrogens is 184 g/mol. The molecule has 0 heterocycles. The van der Waals surface area contributed by atoms with Crippen molar-refractivity contribution in [3.8, 4) is 0 Å². The molecule has 0 spiro atoms. The van der Waals surface area contributed by atoms with Crippen LogP contribution in [0.15, 0.2) is 0 Å². The number of carbonyl (C=O) groups is 1. The summed E-state index contributed by atoms with van der Waals surface area (Å²) in [5.74, 6) is 0.126. The van der Waals surface area contributed by atoms with Gasteiger partial charge in [-0.05, 0) is 6.42 Å². The van der Waals surface area contributed by atoms with E-state index in [0.29, 0.717) is 18.0 Å². The van der Waals surface area contributed by atoms with Gasteiger partial charge in [0.05, 0.1) is 11.5 Å². The smallest absolute Gasteiger partial charge is 0.222 e. The fourth-order valence-corrected chi connectivity index (χ4v) is 1.23. The molecule has 0 aromatic heterocycles. The molecule has 0 saturated carbocycles. The van der Waals surface area contributed by atoms with Gasteiger partial charge in [0.2, 0.25) is 5.91 Å². The maximum atomic E-state index is 11.4. The third-order valence-electron chi connectivity index (χ3n) is 1.81. The zero-order valence-electron chi connectivity index (χ0n) is 8.38. The summed E-state index contributed by atoms with van der Waals surface area (Å²) in [6.07, 6.45) is 3.79. The summed E-state index contributed by atoms with van der Waals surface area (Å²) >= 11 is 4.71. The van der Waals surface area contributed by atoms with Crippen molar-refractivity contribution in [2.75, 3.05) is 13.6 Å². The third kappa shape index (κ3) is 6.51. The molecule has 0 aliphatic carbocycles. The lowest BCUT2D eigenvalue weighted by Crippen LogP contribution is -2.34. The molecule has 0 rings (SSSR count). The fraction of sp³-hybridized carbons (Fsp3) is 0.778. The molecule has 0 radical (unpaired) electrons. The van der Waals surface area contributed by atoms with E-state index in [1.54, 1.807) is 11.9 Å². The zero-order valence-corrected chi connectivity index (χ0v) is 9.19. The van der Waals surface area contributed by atoms with Crippen LogP contribution < -0.4 is 5.73 Å². The highest BCUT2D eigenvalue weighted by Gasteiger charge is 2.07. The molecule has 0 saturated heterocycles. The number of nitrogens with two attached hydrogens (primary N) is 1. The van der Waals surface area contributed by atoms with Crippen LogP contribution in [0.5, 0.6) is 0 Å². The molecule has 0 aromatic carbocycles. The van der Waals surface area contributed by atoms with E-state index in [1.807, 2.05) is 0 Å². The predicted molar refractivity (Wildman–Crippen MR) is 58.6 cm³/mol. The first-order valence-corrected chi connectivity index (χ1v) is 5.01. The molecule has 0 aromatic rings. The highest BCUT2D eigenvalue weighted by atomic mass is 32.1. The summed E-state index contributed by atoms with van der Waals surface area (Å²) in [6, 6.07) is 0. The molecule has 0 bridgehead atoms. The average Bonchev–Trinajstić information content (AvgIpc) is 2.03. The highest BCUT2D eigenvalue weighted by molar-refractivity contribution is 7.80. The summed E-state index contributed by atoms with van der Waals surface area (Å²) in [5, 5.41) is 0. The van der Waals surface area contributed by atoms with Gasteiger partial charge in [-0.3, -0.25) is 4.79 Å². The monoisotopic (exact) mass is 202 g/mol. The van der Waals surface area contributed by atoms with E-state index in [0.717, 1.165) is 19.3 Å². The Labute approximate surface area is 85.3 Å². The first-order chi connectivity index (χ1) is 6.07. The second kappa shape index (κ2) is 6.83. The van der Waals surface area contributed by atoms with Crippen LogP contribution >= 0.6 is 12.2 Å². The van der Waals surface area contributed by atoms with E-state index in [9.17, 15) is 4.79 Å². The SMILES string of the molecule is CCCCCC(=O)N(C)CC(N)=S. The fourth-order valence-electron chi connectivity index (χ4n) is 1.04. The Hall–Kier alpha value is -0.640. The van der Waals surface area contributed by atoms with Gasteiger partial charge in [0, 0.05) is 13.5 Å². The molecular formula is C9H18N2OS. The van der Waals surface area contributed by atoms with E-state index >= 15 is 0 Å². The Balaban J connectivity index is 3.63. The molecule has 0 atom stereocenters. The molecule has 1 amide bonds. The minimum Gasteiger partial charge on any atom is -0.392 e. The van der Waals surface area contributed by atoms with Crippen molar-refractivity contribution in [1.29, 1.82) is 0 Å². The first kappa shape index (κ1) is 12.4. The lowest BCUT2D eigenvalue weighted by molar-refractivity contribution is -0.129. The van der Waals surface area contributed by atoms with Crippen LogP contribution in [0.1, 0.15) is 32.6 Å². The third-order valence-corrected chi connectivity index (χ3v) is 1.94. The van der Waals surface area contributed by atoms with Gasteiger partial charge >= 0.3 is 0 Å². The van der Waals surface area contributed by atoms with E-state index in [4.69, 9.17) is 18.0 Å². The number of thiocarbonyl (C=S) groups is 1. The largest absolute Gasteiger partial charge is 0.392 e. The van der Waals surface area contributed by atoms with Crippen molar-refractivity contribution in [3.63, 3.8) is 0 Å². The van der Waals surface area contributed by atoms with Gasteiger partial charge in [-0.1, -0.05) is 32.0 Å². The number of carbonyl (C=O) groups excluding carboxylic acids is 1. The topological polar surface area (TPSA) is 46.3 Å². The molecule has 0 fully saturated rings. The van der Waals surface area contributed by atoms with E-state index in [1.165, 1.54) is 0 Å². The average molecular weight is 202 g/mol. The quantitative estimate of drug-likeness (QED) is 0.522. The van der Waals surface area contributed by atoms with Gasteiger partial charge in [0.1, 0.15) is 0 Å². The van der Waals surface area contributed by atoms with Gasteiger partial charge in [0.25, 0.3) is 0 Å². The van der Waals surface area contributed by atoms with Gasteiger partial charge in [-0.25, -0.2) is 0 Å². The highest BCUT2D eigenvalue weighted by Crippen LogP contribution is 2.01. The van der Waals surface area contributed by atoms with E-state index in [-0.39, 0.29) is 5.91 Å². The molecule has 3 nitrogen and oxygen atoms in total. The second-order valence-electron chi connectivity index (χ2n) is 3.17. The van der Waals surface area contributed by atoms with Crippen LogP contribution in [-0.2, 0) is 4.79 Å². The Bertz CT molecular complexity index is 182.